The van der Waals surface area contributed by atoms with Crippen molar-refractivity contribution in [2.75, 3.05) is 6.61 Å². The maximum absolute atomic E-state index is 11.3. The van der Waals surface area contributed by atoms with E-state index in [1.54, 1.807) is 12.1 Å². The van der Waals surface area contributed by atoms with Gasteiger partial charge in [-0.15, -0.1) is 0 Å². The number of nitro groups is 2. The molecule has 0 unspecified atom stereocenters. The molecule has 30 heavy (non-hydrogen) atoms. The van der Waals surface area contributed by atoms with E-state index in [0.29, 0.717) is 17.7 Å². The van der Waals surface area contributed by atoms with Crippen molar-refractivity contribution in [1.82, 2.24) is 0 Å². The van der Waals surface area contributed by atoms with Crippen molar-refractivity contribution in [2.24, 2.45) is 0 Å². The van der Waals surface area contributed by atoms with Gasteiger partial charge in [0.25, 0.3) is 11.4 Å². The van der Waals surface area contributed by atoms with Crippen molar-refractivity contribution in [3.8, 4) is 16.9 Å². The van der Waals surface area contributed by atoms with Crippen molar-refractivity contribution < 1.29 is 14.6 Å². The van der Waals surface area contributed by atoms with Crippen molar-refractivity contribution in [3.63, 3.8) is 0 Å². The van der Waals surface area contributed by atoms with E-state index < -0.39 is 9.85 Å². The van der Waals surface area contributed by atoms with Crippen LogP contribution in [0.2, 0.25) is 0 Å². The highest BCUT2D eigenvalue weighted by molar-refractivity contribution is 6.07. The first-order valence-corrected chi connectivity index (χ1v) is 9.50. The zero-order valence-corrected chi connectivity index (χ0v) is 16.2. The summed E-state index contributed by atoms with van der Waals surface area (Å²) in [5.41, 5.74) is 4.55. The van der Waals surface area contributed by atoms with E-state index in [2.05, 4.69) is 0 Å². The van der Waals surface area contributed by atoms with Gasteiger partial charge in [-0.1, -0.05) is 19.1 Å². The lowest BCUT2D eigenvalue weighted by atomic mass is 10.0. The number of rotatable bonds is 6. The number of non-ortho nitro benzene ring substituents is 2. The van der Waals surface area contributed by atoms with Gasteiger partial charge in [0, 0.05) is 24.3 Å². The van der Waals surface area contributed by atoms with Crippen LogP contribution in [0.25, 0.3) is 22.8 Å². The monoisotopic (exact) mass is 402 g/mol. The zero-order chi connectivity index (χ0) is 21.3. The Bertz CT molecular complexity index is 1120. The number of benzene rings is 3. The number of hydrogen-bond acceptors (Lipinski definition) is 5. The second-order valence-corrected chi connectivity index (χ2v) is 6.95. The van der Waals surface area contributed by atoms with Crippen LogP contribution >= 0.6 is 0 Å². The van der Waals surface area contributed by atoms with E-state index in [9.17, 15) is 20.2 Å². The van der Waals surface area contributed by atoms with Gasteiger partial charge in [-0.25, -0.2) is 0 Å². The van der Waals surface area contributed by atoms with Gasteiger partial charge in [0.2, 0.25) is 0 Å². The second kappa shape index (κ2) is 7.79. The Balaban J connectivity index is 1.84. The molecule has 1 aliphatic rings. The fraction of sp³-hybridized carbons (Fsp3) is 0.130. The van der Waals surface area contributed by atoms with Gasteiger partial charge in [0.15, 0.2) is 0 Å². The van der Waals surface area contributed by atoms with Gasteiger partial charge >= 0.3 is 0 Å². The first-order valence-electron chi connectivity index (χ1n) is 9.50. The fourth-order valence-electron chi connectivity index (χ4n) is 3.55. The molecule has 0 atom stereocenters. The lowest BCUT2D eigenvalue weighted by Crippen LogP contribution is -1.94. The van der Waals surface area contributed by atoms with E-state index in [4.69, 9.17) is 4.74 Å². The molecule has 0 saturated heterocycles. The summed E-state index contributed by atoms with van der Waals surface area (Å²) in [6, 6.07) is 16.8. The van der Waals surface area contributed by atoms with Crippen LogP contribution in [0.5, 0.6) is 5.75 Å². The molecular weight excluding hydrogens is 384 g/mol. The molecular formula is C23H18N2O5. The molecule has 0 radical (unpaired) electrons. The smallest absolute Gasteiger partial charge is 0.270 e. The average Bonchev–Trinajstić information content (AvgIpc) is 3.05. The summed E-state index contributed by atoms with van der Waals surface area (Å²) in [6.07, 6.45) is 2.80. The number of ether oxygens (including phenoxy) is 1. The molecule has 3 aromatic carbocycles. The molecule has 0 fully saturated rings. The molecule has 0 amide bonds. The Kier molecular flexibility index (Phi) is 5.02. The zero-order valence-electron chi connectivity index (χ0n) is 16.2. The van der Waals surface area contributed by atoms with Crippen LogP contribution in [0.3, 0.4) is 0 Å². The summed E-state index contributed by atoms with van der Waals surface area (Å²) in [5.74, 6) is 0.762. The van der Waals surface area contributed by atoms with E-state index in [1.165, 1.54) is 24.3 Å². The largest absolute Gasteiger partial charge is 0.494 e. The summed E-state index contributed by atoms with van der Waals surface area (Å²) >= 11 is 0. The molecule has 0 spiro atoms. The normalized spacial score (nSPS) is 11.6. The lowest BCUT2D eigenvalue weighted by Gasteiger charge is -2.06. The third-order valence-corrected chi connectivity index (χ3v) is 4.96. The highest BCUT2D eigenvalue weighted by Gasteiger charge is 2.27. The summed E-state index contributed by atoms with van der Waals surface area (Å²) in [7, 11) is 0. The van der Waals surface area contributed by atoms with Gasteiger partial charge < -0.3 is 4.74 Å². The second-order valence-electron chi connectivity index (χ2n) is 6.95. The predicted octanol–water partition coefficient (Wildman–Crippen LogP) is 5.86. The minimum atomic E-state index is -0.441. The molecule has 7 heteroatoms. The van der Waals surface area contributed by atoms with E-state index >= 15 is 0 Å². The fourth-order valence-corrected chi connectivity index (χ4v) is 3.55. The Morgan fingerprint density at radius 3 is 1.80 bits per heavy atom. The maximum atomic E-state index is 11.3. The molecule has 1 aliphatic carbocycles. The third-order valence-electron chi connectivity index (χ3n) is 4.96. The van der Waals surface area contributed by atoms with E-state index in [0.717, 1.165) is 34.4 Å². The highest BCUT2D eigenvalue weighted by Crippen LogP contribution is 2.47. The number of hydrogen-bond donors (Lipinski definition) is 0. The average molecular weight is 402 g/mol. The number of fused-ring (bicyclic) bond motifs is 3. The van der Waals surface area contributed by atoms with Crippen LogP contribution < -0.4 is 4.74 Å². The van der Waals surface area contributed by atoms with Gasteiger partial charge in [0.05, 0.1) is 16.5 Å². The molecule has 0 bridgehead atoms. The van der Waals surface area contributed by atoms with E-state index in [1.807, 2.05) is 37.3 Å². The SMILES string of the molecule is CCCOc1ccc(C=C2c3cc([N+](=O)[O-])ccc3-c3ccc([N+](=O)[O-])cc32)cc1. The van der Waals surface area contributed by atoms with Gasteiger partial charge in [-0.2, -0.15) is 0 Å². The van der Waals surface area contributed by atoms with Crippen LogP contribution in [-0.4, -0.2) is 16.5 Å². The molecule has 7 nitrogen and oxygen atoms in total. The summed E-state index contributed by atoms with van der Waals surface area (Å²) in [4.78, 5) is 21.7. The molecule has 4 rings (SSSR count). The minimum absolute atomic E-state index is 0.0229. The van der Waals surface area contributed by atoms with Gasteiger partial charge in [0.1, 0.15) is 5.75 Å². The van der Waals surface area contributed by atoms with Crippen molar-refractivity contribution in [2.45, 2.75) is 13.3 Å². The molecule has 3 aromatic rings. The van der Waals surface area contributed by atoms with Gasteiger partial charge in [-0.3, -0.25) is 20.2 Å². The number of nitrogens with zero attached hydrogens (tertiary/aromatic N) is 2. The lowest BCUT2D eigenvalue weighted by molar-refractivity contribution is -0.385. The third kappa shape index (κ3) is 3.53. The predicted molar refractivity (Wildman–Crippen MR) is 114 cm³/mol. The molecule has 0 N–H and O–H groups in total. The Labute approximate surface area is 172 Å². The molecule has 0 aromatic heterocycles. The van der Waals surface area contributed by atoms with Crippen LogP contribution in [0.4, 0.5) is 11.4 Å². The van der Waals surface area contributed by atoms with Gasteiger partial charge in [-0.05, 0) is 70.2 Å². The van der Waals surface area contributed by atoms with Crippen molar-refractivity contribution >= 4 is 23.0 Å². The highest BCUT2D eigenvalue weighted by atomic mass is 16.6. The Morgan fingerprint density at radius 1 is 0.800 bits per heavy atom. The van der Waals surface area contributed by atoms with Crippen LogP contribution in [0.15, 0.2) is 60.7 Å². The first-order chi connectivity index (χ1) is 14.5. The standard InChI is InChI=1S/C23H18N2O5/c1-2-11-30-18-7-3-15(4-8-18)12-21-22-13-16(24(26)27)5-9-19(22)20-10-6-17(25(28)29)14-23(20)21/h3-10,12-14H,2,11H2,1H3. The Morgan fingerprint density at radius 2 is 1.33 bits per heavy atom. The topological polar surface area (TPSA) is 95.5 Å². The number of nitro benzene ring substituents is 2. The minimum Gasteiger partial charge on any atom is -0.494 e. The van der Waals surface area contributed by atoms with Crippen LogP contribution in [0, 0.1) is 20.2 Å². The maximum Gasteiger partial charge on any atom is 0.270 e. The molecule has 0 heterocycles. The quantitative estimate of drug-likeness (QED) is 0.297. The first kappa shape index (κ1) is 19.3. The Hall–Kier alpha value is -4.00. The van der Waals surface area contributed by atoms with E-state index in [-0.39, 0.29) is 11.4 Å². The van der Waals surface area contributed by atoms with Crippen LogP contribution in [-0.2, 0) is 0 Å². The molecule has 0 saturated carbocycles. The van der Waals surface area contributed by atoms with Crippen molar-refractivity contribution in [3.05, 3.63) is 97.6 Å². The molecule has 150 valence electrons. The van der Waals surface area contributed by atoms with Crippen LogP contribution in [0.1, 0.15) is 30.0 Å². The molecule has 0 aliphatic heterocycles. The summed E-state index contributed by atoms with van der Waals surface area (Å²) in [6.45, 7) is 2.67. The summed E-state index contributed by atoms with van der Waals surface area (Å²) in [5, 5.41) is 22.6. The summed E-state index contributed by atoms with van der Waals surface area (Å²) < 4.78 is 5.61. The van der Waals surface area contributed by atoms with Crippen molar-refractivity contribution in [1.29, 1.82) is 0 Å².